The molecule has 0 aliphatic carbocycles. The minimum absolute atomic E-state index is 0.352. The summed E-state index contributed by atoms with van der Waals surface area (Å²) in [4.78, 5) is 23.1. The van der Waals surface area contributed by atoms with Crippen LogP contribution in [0.4, 0.5) is 0 Å². The Hall–Kier alpha value is -1.74. The van der Waals surface area contributed by atoms with E-state index < -0.39 is 11.9 Å². The first-order valence-corrected chi connectivity index (χ1v) is 7.79. The number of likely N-dealkylation sites (N-methyl/N-ethyl adjacent to an activating group) is 2. The van der Waals surface area contributed by atoms with Gasteiger partial charge in [-0.1, -0.05) is 13.2 Å². The third-order valence-electron chi connectivity index (χ3n) is 2.89. The van der Waals surface area contributed by atoms with Gasteiger partial charge < -0.3 is 20.1 Å². The van der Waals surface area contributed by atoms with Crippen molar-refractivity contribution in [3.8, 4) is 0 Å². The molecule has 8 heteroatoms. The molecule has 0 radical (unpaired) electrons. The molecule has 0 spiro atoms. The number of esters is 2. The van der Waals surface area contributed by atoms with Crippen LogP contribution in [0.3, 0.4) is 0 Å². The van der Waals surface area contributed by atoms with Crippen LogP contribution in [0, 0.1) is 0 Å². The SMILES string of the molecule is C=C(C)C(=O)OC(CNC)CNNCC(CNC)OC(=O)C(=C)C. The highest BCUT2D eigenvalue weighted by atomic mass is 16.5. The highest BCUT2D eigenvalue weighted by molar-refractivity contribution is 5.87. The van der Waals surface area contributed by atoms with E-state index in [1.54, 1.807) is 27.9 Å². The average Bonchev–Trinajstić information content (AvgIpc) is 2.51. The van der Waals surface area contributed by atoms with Crippen LogP contribution in [0.5, 0.6) is 0 Å². The summed E-state index contributed by atoms with van der Waals surface area (Å²) in [6.45, 7) is 12.1. The molecule has 2 unspecified atom stereocenters. The minimum Gasteiger partial charge on any atom is -0.456 e. The maximum atomic E-state index is 11.6. The third kappa shape index (κ3) is 10.1. The molecule has 0 fully saturated rings. The third-order valence-corrected chi connectivity index (χ3v) is 2.89. The van der Waals surface area contributed by atoms with E-state index in [9.17, 15) is 9.59 Å². The van der Waals surface area contributed by atoms with E-state index >= 15 is 0 Å². The van der Waals surface area contributed by atoms with Crippen molar-refractivity contribution < 1.29 is 19.1 Å². The van der Waals surface area contributed by atoms with Gasteiger partial charge in [0.1, 0.15) is 12.2 Å². The fourth-order valence-corrected chi connectivity index (χ4v) is 1.64. The van der Waals surface area contributed by atoms with Gasteiger partial charge in [0.15, 0.2) is 0 Å². The van der Waals surface area contributed by atoms with Gasteiger partial charge in [-0.3, -0.25) is 10.9 Å². The number of hydrazine groups is 1. The van der Waals surface area contributed by atoms with Crippen molar-refractivity contribution in [2.75, 3.05) is 40.3 Å². The van der Waals surface area contributed by atoms with E-state index in [1.165, 1.54) is 0 Å². The summed E-state index contributed by atoms with van der Waals surface area (Å²) in [5.74, 6) is -0.860. The molecule has 0 amide bonds. The van der Waals surface area contributed by atoms with Gasteiger partial charge in [0, 0.05) is 37.3 Å². The van der Waals surface area contributed by atoms with Crippen molar-refractivity contribution in [1.82, 2.24) is 21.5 Å². The Labute approximate surface area is 144 Å². The monoisotopic (exact) mass is 342 g/mol. The molecular formula is C16H30N4O4. The lowest BCUT2D eigenvalue weighted by molar-refractivity contribution is -0.145. The van der Waals surface area contributed by atoms with Gasteiger partial charge in [0.05, 0.1) is 0 Å². The number of carbonyl (C=O) groups excluding carboxylic acids is 2. The zero-order valence-electron chi connectivity index (χ0n) is 15.0. The molecule has 138 valence electrons. The molecule has 0 heterocycles. The Kier molecular flexibility index (Phi) is 11.7. The standard InChI is InChI=1S/C16H30N4O4/c1-11(2)15(21)23-13(7-17-5)9-19-20-10-14(8-18-6)24-16(22)12(3)4/h13-14,17-20H,1,3,7-10H2,2,4-6H3. The fourth-order valence-electron chi connectivity index (χ4n) is 1.64. The lowest BCUT2D eigenvalue weighted by Crippen LogP contribution is -2.47. The minimum atomic E-state index is -0.430. The highest BCUT2D eigenvalue weighted by Gasteiger charge is 2.16. The summed E-state index contributed by atoms with van der Waals surface area (Å²) < 4.78 is 10.6. The topological polar surface area (TPSA) is 101 Å². The summed E-state index contributed by atoms with van der Waals surface area (Å²) in [7, 11) is 3.55. The first-order valence-electron chi connectivity index (χ1n) is 7.79. The second kappa shape index (κ2) is 12.7. The van der Waals surface area contributed by atoms with Crippen LogP contribution in [-0.2, 0) is 19.1 Å². The van der Waals surface area contributed by atoms with Crippen LogP contribution >= 0.6 is 0 Å². The van der Waals surface area contributed by atoms with Crippen molar-refractivity contribution in [3.63, 3.8) is 0 Å². The molecule has 0 saturated carbocycles. The van der Waals surface area contributed by atoms with E-state index in [1.807, 2.05) is 0 Å². The van der Waals surface area contributed by atoms with Crippen LogP contribution in [0.15, 0.2) is 24.3 Å². The van der Waals surface area contributed by atoms with Crippen molar-refractivity contribution in [1.29, 1.82) is 0 Å². The summed E-state index contributed by atoms with van der Waals surface area (Å²) in [6.07, 6.45) is -0.708. The van der Waals surface area contributed by atoms with Gasteiger partial charge >= 0.3 is 11.9 Å². The highest BCUT2D eigenvalue weighted by Crippen LogP contribution is 1.99. The smallest absolute Gasteiger partial charge is 0.333 e. The van der Waals surface area contributed by atoms with E-state index in [2.05, 4.69) is 34.6 Å². The second-order valence-electron chi connectivity index (χ2n) is 5.49. The zero-order valence-corrected chi connectivity index (χ0v) is 15.0. The average molecular weight is 342 g/mol. The maximum absolute atomic E-state index is 11.6. The Morgan fingerprint density at radius 2 is 1.12 bits per heavy atom. The number of carbonyl (C=O) groups is 2. The van der Waals surface area contributed by atoms with Crippen molar-refractivity contribution >= 4 is 11.9 Å². The van der Waals surface area contributed by atoms with E-state index in [-0.39, 0.29) is 12.2 Å². The lowest BCUT2D eigenvalue weighted by Gasteiger charge is -2.21. The number of hydrogen-bond donors (Lipinski definition) is 4. The van der Waals surface area contributed by atoms with Gasteiger partial charge in [-0.05, 0) is 27.9 Å². The quantitative estimate of drug-likeness (QED) is 0.154. The first kappa shape index (κ1) is 22.3. The molecule has 0 aromatic carbocycles. The van der Waals surface area contributed by atoms with Crippen LogP contribution in [0.1, 0.15) is 13.8 Å². The maximum Gasteiger partial charge on any atom is 0.333 e. The van der Waals surface area contributed by atoms with Crippen molar-refractivity contribution in [2.24, 2.45) is 0 Å². The van der Waals surface area contributed by atoms with Gasteiger partial charge in [0.25, 0.3) is 0 Å². The molecule has 0 aliphatic heterocycles. The molecule has 0 bridgehead atoms. The van der Waals surface area contributed by atoms with Crippen LogP contribution in [0.2, 0.25) is 0 Å². The number of hydrogen-bond acceptors (Lipinski definition) is 8. The molecule has 24 heavy (non-hydrogen) atoms. The predicted octanol–water partition coefficient (Wildman–Crippen LogP) is -0.505. The Morgan fingerprint density at radius 3 is 1.38 bits per heavy atom. The molecule has 4 N–H and O–H groups in total. The second-order valence-corrected chi connectivity index (χ2v) is 5.49. The Bertz CT molecular complexity index is 400. The summed E-state index contributed by atoms with van der Waals surface area (Å²) >= 11 is 0. The van der Waals surface area contributed by atoms with Crippen molar-refractivity contribution in [3.05, 3.63) is 24.3 Å². The summed E-state index contributed by atoms with van der Waals surface area (Å²) in [6, 6.07) is 0. The van der Waals surface area contributed by atoms with E-state index in [0.717, 1.165) is 0 Å². The normalized spacial score (nSPS) is 13.0. The Balaban J connectivity index is 4.26. The van der Waals surface area contributed by atoms with Gasteiger partial charge in [-0.25, -0.2) is 9.59 Å². The van der Waals surface area contributed by atoms with Gasteiger partial charge in [-0.2, -0.15) is 0 Å². The largest absolute Gasteiger partial charge is 0.456 e. The molecule has 0 aliphatic rings. The number of rotatable bonds is 13. The lowest BCUT2D eigenvalue weighted by atomic mass is 10.3. The molecule has 2 atom stereocenters. The zero-order chi connectivity index (χ0) is 18.5. The molecule has 0 aromatic heterocycles. The number of nitrogens with one attached hydrogen (secondary N) is 4. The van der Waals surface area contributed by atoms with Crippen LogP contribution < -0.4 is 21.5 Å². The molecule has 0 saturated heterocycles. The molecule has 0 rings (SSSR count). The molecule has 0 aromatic rings. The molecule has 8 nitrogen and oxygen atoms in total. The summed E-state index contributed by atoms with van der Waals surface area (Å²) in [5.41, 5.74) is 6.64. The van der Waals surface area contributed by atoms with Crippen molar-refractivity contribution in [2.45, 2.75) is 26.1 Å². The van der Waals surface area contributed by atoms with Gasteiger partial charge in [-0.15, -0.1) is 0 Å². The van der Waals surface area contributed by atoms with E-state index in [4.69, 9.17) is 9.47 Å². The van der Waals surface area contributed by atoms with Crippen LogP contribution in [0.25, 0.3) is 0 Å². The van der Waals surface area contributed by atoms with E-state index in [0.29, 0.717) is 37.3 Å². The summed E-state index contributed by atoms with van der Waals surface area (Å²) in [5, 5.41) is 5.91. The number of ether oxygens (including phenoxy) is 2. The van der Waals surface area contributed by atoms with Crippen LogP contribution in [-0.4, -0.2) is 64.4 Å². The Morgan fingerprint density at radius 1 is 0.792 bits per heavy atom. The molecular weight excluding hydrogens is 312 g/mol. The van der Waals surface area contributed by atoms with Gasteiger partial charge in [0.2, 0.25) is 0 Å². The fraction of sp³-hybridized carbons (Fsp3) is 0.625. The first-order chi connectivity index (χ1) is 11.3. The predicted molar refractivity (Wildman–Crippen MR) is 93.2 cm³/mol.